The fourth-order valence-electron chi connectivity index (χ4n) is 2.65. The van der Waals surface area contributed by atoms with E-state index in [9.17, 15) is 13.2 Å². The Balaban J connectivity index is 2.07. The van der Waals surface area contributed by atoms with Crippen molar-refractivity contribution in [3.8, 4) is 0 Å². The standard InChI is InChI=1S/C13H14F3N3/c14-13(15,16)11-10(8-19-6-1-2-7-19)9-4-3-5-17-12(9)18-11/h3-5H,1-2,6-8H2,(H,17,18). The van der Waals surface area contributed by atoms with Crippen LogP contribution in [0.2, 0.25) is 0 Å². The summed E-state index contributed by atoms with van der Waals surface area (Å²) >= 11 is 0. The number of nitrogens with zero attached hydrogens (tertiary/aromatic N) is 2. The lowest BCUT2D eigenvalue weighted by Gasteiger charge is -2.16. The number of pyridine rings is 1. The number of likely N-dealkylation sites (tertiary alicyclic amines) is 1. The lowest BCUT2D eigenvalue weighted by atomic mass is 10.1. The van der Waals surface area contributed by atoms with Gasteiger partial charge in [-0.05, 0) is 38.1 Å². The largest absolute Gasteiger partial charge is 0.431 e. The van der Waals surface area contributed by atoms with Crippen molar-refractivity contribution in [2.24, 2.45) is 0 Å². The third kappa shape index (κ3) is 2.32. The summed E-state index contributed by atoms with van der Waals surface area (Å²) in [6.45, 7) is 2.06. The maximum Gasteiger partial charge on any atom is 0.431 e. The predicted molar refractivity (Wildman–Crippen MR) is 65.6 cm³/mol. The average molecular weight is 269 g/mol. The molecule has 0 atom stereocenters. The maximum absolute atomic E-state index is 13.1. The van der Waals surface area contributed by atoms with Crippen LogP contribution in [0.15, 0.2) is 18.3 Å². The molecule has 0 aromatic carbocycles. The smallest absolute Gasteiger partial charge is 0.335 e. The molecule has 2 aromatic heterocycles. The highest BCUT2D eigenvalue weighted by Crippen LogP contribution is 2.35. The first kappa shape index (κ1) is 12.5. The molecule has 0 radical (unpaired) electrons. The number of H-pyrrole nitrogens is 1. The normalized spacial score (nSPS) is 17.4. The Kier molecular flexibility index (Phi) is 2.97. The zero-order chi connectivity index (χ0) is 13.5. The second-order valence-corrected chi connectivity index (χ2v) is 4.86. The molecule has 1 aliphatic heterocycles. The first-order valence-electron chi connectivity index (χ1n) is 6.31. The summed E-state index contributed by atoms with van der Waals surface area (Å²) < 4.78 is 39.2. The minimum atomic E-state index is -4.37. The zero-order valence-electron chi connectivity index (χ0n) is 10.3. The lowest BCUT2D eigenvalue weighted by molar-refractivity contribution is -0.141. The second-order valence-electron chi connectivity index (χ2n) is 4.86. The van der Waals surface area contributed by atoms with Crippen molar-refractivity contribution < 1.29 is 13.2 Å². The highest BCUT2D eigenvalue weighted by Gasteiger charge is 2.37. The number of nitrogens with one attached hydrogen (secondary N) is 1. The van der Waals surface area contributed by atoms with E-state index in [1.54, 1.807) is 12.1 Å². The quantitative estimate of drug-likeness (QED) is 0.908. The van der Waals surface area contributed by atoms with Gasteiger partial charge in [0, 0.05) is 23.7 Å². The van der Waals surface area contributed by atoms with Crippen LogP contribution in [-0.4, -0.2) is 28.0 Å². The number of aromatic nitrogens is 2. The van der Waals surface area contributed by atoms with Crippen LogP contribution in [0, 0.1) is 0 Å². The Bertz CT molecular complexity index is 582. The van der Waals surface area contributed by atoms with E-state index in [0.717, 1.165) is 25.9 Å². The summed E-state index contributed by atoms with van der Waals surface area (Å²) in [4.78, 5) is 8.45. The van der Waals surface area contributed by atoms with Crippen molar-refractivity contribution in [3.63, 3.8) is 0 Å². The molecular formula is C13H14F3N3. The Hall–Kier alpha value is -1.56. The molecule has 3 nitrogen and oxygen atoms in total. The van der Waals surface area contributed by atoms with Gasteiger partial charge in [0.2, 0.25) is 0 Å². The molecule has 0 bridgehead atoms. The van der Waals surface area contributed by atoms with Crippen molar-refractivity contribution in [2.75, 3.05) is 13.1 Å². The molecule has 1 N–H and O–H groups in total. The molecule has 1 aliphatic rings. The van der Waals surface area contributed by atoms with Gasteiger partial charge in [0.25, 0.3) is 0 Å². The molecule has 3 heterocycles. The Morgan fingerprint density at radius 3 is 2.68 bits per heavy atom. The lowest BCUT2D eigenvalue weighted by Crippen LogP contribution is -2.20. The summed E-state index contributed by atoms with van der Waals surface area (Å²) in [7, 11) is 0. The minimum absolute atomic E-state index is 0.309. The van der Waals surface area contributed by atoms with Crippen molar-refractivity contribution in [2.45, 2.75) is 25.6 Å². The molecule has 0 unspecified atom stereocenters. The molecule has 0 amide bonds. The van der Waals surface area contributed by atoms with Crippen molar-refractivity contribution >= 4 is 11.0 Å². The van der Waals surface area contributed by atoms with Gasteiger partial charge in [-0.15, -0.1) is 0 Å². The summed E-state index contributed by atoms with van der Waals surface area (Å²) in [5, 5.41) is 0.571. The van der Waals surface area contributed by atoms with E-state index < -0.39 is 11.9 Å². The summed E-state index contributed by atoms with van der Waals surface area (Å²) in [6, 6.07) is 3.36. The number of hydrogen-bond donors (Lipinski definition) is 1. The van der Waals surface area contributed by atoms with Gasteiger partial charge in [-0.2, -0.15) is 13.2 Å². The van der Waals surface area contributed by atoms with E-state index in [4.69, 9.17) is 0 Å². The molecule has 0 spiro atoms. The van der Waals surface area contributed by atoms with Gasteiger partial charge in [-0.25, -0.2) is 4.98 Å². The van der Waals surface area contributed by atoms with Gasteiger partial charge in [-0.3, -0.25) is 4.90 Å². The van der Waals surface area contributed by atoms with Crippen molar-refractivity contribution in [3.05, 3.63) is 29.6 Å². The molecule has 3 rings (SSSR count). The molecule has 6 heteroatoms. The van der Waals surface area contributed by atoms with Crippen LogP contribution in [-0.2, 0) is 12.7 Å². The topological polar surface area (TPSA) is 31.9 Å². The van der Waals surface area contributed by atoms with Gasteiger partial charge < -0.3 is 4.98 Å². The minimum Gasteiger partial charge on any atom is -0.335 e. The Morgan fingerprint density at radius 2 is 2.00 bits per heavy atom. The SMILES string of the molecule is FC(F)(F)c1[nH]c2ncccc2c1CN1CCCC1. The molecule has 1 fully saturated rings. The van der Waals surface area contributed by atoms with Gasteiger partial charge in [0.15, 0.2) is 0 Å². The second kappa shape index (κ2) is 4.52. The molecule has 0 saturated carbocycles. The van der Waals surface area contributed by atoms with Gasteiger partial charge in [-0.1, -0.05) is 0 Å². The average Bonchev–Trinajstić information content (AvgIpc) is 2.97. The van der Waals surface area contributed by atoms with Gasteiger partial charge in [0.1, 0.15) is 11.3 Å². The Morgan fingerprint density at radius 1 is 1.26 bits per heavy atom. The van der Waals surface area contributed by atoms with Crippen LogP contribution < -0.4 is 0 Å². The van der Waals surface area contributed by atoms with E-state index in [-0.39, 0.29) is 0 Å². The van der Waals surface area contributed by atoms with E-state index in [1.165, 1.54) is 6.20 Å². The van der Waals surface area contributed by atoms with Gasteiger partial charge in [0.05, 0.1) is 0 Å². The Labute approximate surface area is 108 Å². The molecule has 19 heavy (non-hydrogen) atoms. The van der Waals surface area contributed by atoms with E-state index in [1.807, 2.05) is 0 Å². The zero-order valence-corrected chi connectivity index (χ0v) is 10.3. The van der Waals surface area contributed by atoms with Crippen LogP contribution in [0.5, 0.6) is 0 Å². The van der Waals surface area contributed by atoms with Gasteiger partial charge >= 0.3 is 6.18 Å². The maximum atomic E-state index is 13.1. The molecule has 102 valence electrons. The molecule has 2 aromatic rings. The third-order valence-electron chi connectivity index (χ3n) is 3.54. The van der Waals surface area contributed by atoms with E-state index in [2.05, 4.69) is 14.9 Å². The monoisotopic (exact) mass is 269 g/mol. The highest BCUT2D eigenvalue weighted by atomic mass is 19.4. The molecule has 1 saturated heterocycles. The fourth-order valence-corrected chi connectivity index (χ4v) is 2.65. The third-order valence-corrected chi connectivity index (χ3v) is 3.54. The van der Waals surface area contributed by atoms with E-state index in [0.29, 0.717) is 23.1 Å². The van der Waals surface area contributed by atoms with E-state index >= 15 is 0 Å². The number of halogens is 3. The first-order valence-corrected chi connectivity index (χ1v) is 6.31. The van der Waals surface area contributed by atoms with Crippen LogP contribution in [0.3, 0.4) is 0 Å². The molecular weight excluding hydrogens is 255 g/mol. The number of hydrogen-bond acceptors (Lipinski definition) is 2. The predicted octanol–water partition coefficient (Wildman–Crippen LogP) is 3.18. The fraction of sp³-hybridized carbons (Fsp3) is 0.462. The van der Waals surface area contributed by atoms with Crippen molar-refractivity contribution in [1.82, 2.24) is 14.9 Å². The summed E-state index contributed by atoms with van der Waals surface area (Å²) in [6.07, 6.45) is -0.752. The first-order chi connectivity index (χ1) is 9.05. The number of fused-ring (bicyclic) bond motifs is 1. The number of aromatic amines is 1. The van der Waals surface area contributed by atoms with Crippen LogP contribution in [0.25, 0.3) is 11.0 Å². The number of rotatable bonds is 2. The van der Waals surface area contributed by atoms with Crippen LogP contribution >= 0.6 is 0 Å². The summed E-state index contributed by atoms with van der Waals surface area (Å²) in [5.41, 5.74) is -0.0328. The number of alkyl halides is 3. The van der Waals surface area contributed by atoms with Crippen LogP contribution in [0.4, 0.5) is 13.2 Å². The van der Waals surface area contributed by atoms with Crippen molar-refractivity contribution in [1.29, 1.82) is 0 Å². The van der Waals surface area contributed by atoms with Crippen LogP contribution in [0.1, 0.15) is 24.1 Å². The highest BCUT2D eigenvalue weighted by molar-refractivity contribution is 5.81. The molecule has 0 aliphatic carbocycles. The summed E-state index contributed by atoms with van der Waals surface area (Å²) in [5.74, 6) is 0.